The molecule has 90 valence electrons. The molecule has 2 aromatic rings. The van der Waals surface area contributed by atoms with E-state index < -0.39 is 5.97 Å². The van der Waals surface area contributed by atoms with Gasteiger partial charge in [-0.3, -0.25) is 4.79 Å². The third-order valence-corrected chi connectivity index (χ3v) is 2.26. The number of rotatable bonds is 4. The summed E-state index contributed by atoms with van der Waals surface area (Å²) in [6.45, 7) is 0. The monoisotopic (exact) mass is 243 g/mol. The van der Waals surface area contributed by atoms with Gasteiger partial charge in [-0.05, 0) is 18.2 Å². The second-order valence-electron chi connectivity index (χ2n) is 3.59. The number of carboxylic acid groups (broad SMARTS) is 1. The van der Waals surface area contributed by atoms with Gasteiger partial charge in [-0.2, -0.15) is 5.26 Å². The standard InChI is InChI=1S/C12H9N3O3/c13-7-8-2-1-3-9(6-8)12-15-14-10(18-12)4-5-11(16)17/h1-3,6H,4-5H2,(H,16,17). The summed E-state index contributed by atoms with van der Waals surface area (Å²) in [5.41, 5.74) is 1.14. The van der Waals surface area contributed by atoms with Gasteiger partial charge in [-0.15, -0.1) is 10.2 Å². The number of aliphatic carboxylic acids is 1. The molecule has 0 saturated carbocycles. The van der Waals surface area contributed by atoms with Crippen LogP contribution in [0.3, 0.4) is 0 Å². The molecule has 0 aliphatic rings. The van der Waals surface area contributed by atoms with Gasteiger partial charge in [0, 0.05) is 12.0 Å². The molecule has 1 heterocycles. The maximum absolute atomic E-state index is 10.4. The molecule has 0 unspecified atom stereocenters. The summed E-state index contributed by atoms with van der Waals surface area (Å²) < 4.78 is 5.32. The van der Waals surface area contributed by atoms with Crippen molar-refractivity contribution in [1.29, 1.82) is 5.26 Å². The molecule has 0 spiro atoms. The van der Waals surface area contributed by atoms with E-state index in [1.165, 1.54) is 0 Å². The minimum atomic E-state index is -0.916. The number of carboxylic acids is 1. The molecular formula is C12H9N3O3. The number of aryl methyl sites for hydroxylation is 1. The number of hydrogen-bond donors (Lipinski definition) is 1. The lowest BCUT2D eigenvalue weighted by molar-refractivity contribution is -0.137. The van der Waals surface area contributed by atoms with Gasteiger partial charge in [-0.25, -0.2) is 0 Å². The number of nitrogens with zero attached hydrogens (tertiary/aromatic N) is 3. The largest absolute Gasteiger partial charge is 0.481 e. The minimum absolute atomic E-state index is 0.0557. The molecule has 1 aromatic heterocycles. The summed E-state index contributed by atoms with van der Waals surface area (Å²) in [4.78, 5) is 10.4. The smallest absolute Gasteiger partial charge is 0.303 e. The zero-order valence-corrected chi connectivity index (χ0v) is 9.33. The van der Waals surface area contributed by atoms with Crippen LogP contribution in [-0.2, 0) is 11.2 Å². The number of hydrogen-bond acceptors (Lipinski definition) is 5. The third-order valence-electron chi connectivity index (χ3n) is 2.26. The molecule has 0 amide bonds. The lowest BCUT2D eigenvalue weighted by atomic mass is 10.1. The fourth-order valence-electron chi connectivity index (χ4n) is 1.41. The highest BCUT2D eigenvalue weighted by Crippen LogP contribution is 2.19. The first-order chi connectivity index (χ1) is 8.69. The summed E-state index contributed by atoms with van der Waals surface area (Å²) >= 11 is 0. The predicted molar refractivity (Wildman–Crippen MR) is 60.4 cm³/mol. The normalized spacial score (nSPS) is 9.94. The first kappa shape index (κ1) is 11.8. The van der Waals surface area contributed by atoms with Crippen LogP contribution in [0.5, 0.6) is 0 Å². The zero-order valence-electron chi connectivity index (χ0n) is 9.33. The van der Waals surface area contributed by atoms with E-state index in [2.05, 4.69) is 10.2 Å². The van der Waals surface area contributed by atoms with Crippen LogP contribution in [0, 0.1) is 11.3 Å². The molecule has 18 heavy (non-hydrogen) atoms. The van der Waals surface area contributed by atoms with Crippen molar-refractivity contribution in [2.45, 2.75) is 12.8 Å². The summed E-state index contributed by atoms with van der Waals surface area (Å²) in [5.74, 6) is -0.358. The Balaban J connectivity index is 2.19. The van der Waals surface area contributed by atoms with Crippen molar-refractivity contribution in [3.05, 3.63) is 35.7 Å². The van der Waals surface area contributed by atoms with Gasteiger partial charge < -0.3 is 9.52 Å². The highest BCUT2D eigenvalue weighted by Gasteiger charge is 2.10. The topological polar surface area (TPSA) is 100 Å². The van der Waals surface area contributed by atoms with Crippen molar-refractivity contribution >= 4 is 5.97 Å². The Morgan fingerprint density at radius 1 is 1.44 bits per heavy atom. The van der Waals surface area contributed by atoms with Crippen LogP contribution in [0.15, 0.2) is 28.7 Å². The van der Waals surface area contributed by atoms with E-state index in [0.29, 0.717) is 11.1 Å². The van der Waals surface area contributed by atoms with Crippen LogP contribution in [0.25, 0.3) is 11.5 Å². The zero-order chi connectivity index (χ0) is 13.0. The highest BCUT2D eigenvalue weighted by atomic mass is 16.4. The quantitative estimate of drug-likeness (QED) is 0.875. The molecule has 0 atom stereocenters. The van der Waals surface area contributed by atoms with Gasteiger partial charge in [0.1, 0.15) is 0 Å². The van der Waals surface area contributed by atoms with Crippen LogP contribution in [0.4, 0.5) is 0 Å². The molecular weight excluding hydrogens is 234 g/mol. The second-order valence-corrected chi connectivity index (χ2v) is 3.59. The van der Waals surface area contributed by atoms with Crippen LogP contribution in [0.2, 0.25) is 0 Å². The molecule has 0 radical (unpaired) electrons. The maximum Gasteiger partial charge on any atom is 0.303 e. The second kappa shape index (κ2) is 5.10. The van der Waals surface area contributed by atoms with Gasteiger partial charge in [0.2, 0.25) is 11.8 Å². The fourth-order valence-corrected chi connectivity index (χ4v) is 1.41. The Labute approximate surface area is 102 Å². The lowest BCUT2D eigenvalue weighted by Crippen LogP contribution is -1.97. The molecule has 0 fully saturated rings. The maximum atomic E-state index is 10.4. The van der Waals surface area contributed by atoms with Crippen molar-refractivity contribution in [3.8, 4) is 17.5 Å². The van der Waals surface area contributed by atoms with Crippen LogP contribution >= 0.6 is 0 Å². The Bertz CT molecular complexity index is 613. The first-order valence-corrected chi connectivity index (χ1v) is 5.24. The van der Waals surface area contributed by atoms with Crippen molar-refractivity contribution in [2.24, 2.45) is 0 Å². The molecule has 6 nitrogen and oxygen atoms in total. The summed E-state index contributed by atoms with van der Waals surface area (Å²) in [6, 6.07) is 8.78. The molecule has 0 bridgehead atoms. The Kier molecular flexibility index (Phi) is 3.34. The highest BCUT2D eigenvalue weighted by molar-refractivity contribution is 5.66. The number of aromatic nitrogens is 2. The van der Waals surface area contributed by atoms with Crippen molar-refractivity contribution in [2.75, 3.05) is 0 Å². The Morgan fingerprint density at radius 3 is 3.00 bits per heavy atom. The molecule has 0 saturated heterocycles. The van der Waals surface area contributed by atoms with Crippen LogP contribution < -0.4 is 0 Å². The fraction of sp³-hybridized carbons (Fsp3) is 0.167. The van der Waals surface area contributed by atoms with Gasteiger partial charge in [0.05, 0.1) is 18.1 Å². The molecule has 0 aliphatic heterocycles. The molecule has 0 aliphatic carbocycles. The predicted octanol–water partition coefficient (Wildman–Crippen LogP) is 1.63. The molecule has 1 aromatic carbocycles. The van der Waals surface area contributed by atoms with Gasteiger partial charge in [0.25, 0.3) is 0 Å². The molecule has 2 rings (SSSR count). The SMILES string of the molecule is N#Cc1cccc(-c2nnc(CCC(=O)O)o2)c1. The summed E-state index contributed by atoms with van der Waals surface area (Å²) in [5, 5.41) is 24.9. The third kappa shape index (κ3) is 2.71. The van der Waals surface area contributed by atoms with Crippen LogP contribution in [0.1, 0.15) is 17.9 Å². The number of benzene rings is 1. The van der Waals surface area contributed by atoms with E-state index in [-0.39, 0.29) is 24.6 Å². The Hall–Kier alpha value is -2.68. The average molecular weight is 243 g/mol. The number of carbonyl (C=O) groups is 1. The minimum Gasteiger partial charge on any atom is -0.481 e. The van der Waals surface area contributed by atoms with E-state index in [1.807, 2.05) is 6.07 Å². The van der Waals surface area contributed by atoms with Gasteiger partial charge >= 0.3 is 5.97 Å². The van der Waals surface area contributed by atoms with E-state index in [1.54, 1.807) is 24.3 Å². The first-order valence-electron chi connectivity index (χ1n) is 5.24. The average Bonchev–Trinajstić information content (AvgIpc) is 2.85. The van der Waals surface area contributed by atoms with E-state index in [4.69, 9.17) is 14.8 Å². The number of nitriles is 1. The van der Waals surface area contributed by atoms with E-state index >= 15 is 0 Å². The van der Waals surface area contributed by atoms with Gasteiger partial charge in [-0.1, -0.05) is 6.07 Å². The van der Waals surface area contributed by atoms with Crippen LogP contribution in [-0.4, -0.2) is 21.3 Å². The Morgan fingerprint density at radius 2 is 2.28 bits per heavy atom. The summed E-state index contributed by atoms with van der Waals surface area (Å²) in [6.07, 6.45) is 0.139. The van der Waals surface area contributed by atoms with E-state index in [9.17, 15) is 4.79 Å². The van der Waals surface area contributed by atoms with E-state index in [0.717, 1.165) is 0 Å². The van der Waals surface area contributed by atoms with Crippen molar-refractivity contribution < 1.29 is 14.3 Å². The van der Waals surface area contributed by atoms with Gasteiger partial charge in [0.15, 0.2) is 0 Å². The van der Waals surface area contributed by atoms with Crippen molar-refractivity contribution in [1.82, 2.24) is 10.2 Å². The summed E-state index contributed by atoms with van der Waals surface area (Å²) in [7, 11) is 0. The van der Waals surface area contributed by atoms with Crippen molar-refractivity contribution in [3.63, 3.8) is 0 Å². The lowest BCUT2D eigenvalue weighted by Gasteiger charge is -1.94. The molecule has 1 N–H and O–H groups in total. The molecule has 6 heteroatoms.